The largest absolute Gasteiger partial charge is 0.461 e. The second kappa shape index (κ2) is 6.79. The molecule has 0 fully saturated rings. The quantitative estimate of drug-likeness (QED) is 0.786. The van der Waals surface area contributed by atoms with Crippen molar-refractivity contribution in [3.63, 3.8) is 0 Å². The fourth-order valence-corrected chi connectivity index (χ4v) is 1.78. The van der Waals surface area contributed by atoms with Gasteiger partial charge in [0.2, 0.25) is 5.91 Å². The molecule has 0 bridgehead atoms. The molecule has 4 heteroatoms. The molecule has 1 aromatic rings. The number of hydrogen-bond acceptors (Lipinski definition) is 3. The van der Waals surface area contributed by atoms with Crippen molar-refractivity contribution in [2.24, 2.45) is 11.7 Å². The average molecular weight is 249 g/mol. The van der Waals surface area contributed by atoms with E-state index >= 15 is 0 Å². The number of esters is 1. The highest BCUT2D eigenvalue weighted by Crippen LogP contribution is 2.14. The zero-order valence-electron chi connectivity index (χ0n) is 10.8. The first-order valence-corrected chi connectivity index (χ1v) is 6.14. The molecular formula is C14H19NO3. The maximum atomic E-state index is 11.7. The lowest BCUT2D eigenvalue weighted by atomic mass is 10.0. The van der Waals surface area contributed by atoms with E-state index in [4.69, 9.17) is 10.5 Å². The highest BCUT2D eigenvalue weighted by atomic mass is 16.5. The third-order valence-electron chi connectivity index (χ3n) is 2.97. The highest BCUT2D eigenvalue weighted by Gasteiger charge is 2.16. The summed E-state index contributed by atoms with van der Waals surface area (Å²) in [5, 5.41) is 0. The van der Waals surface area contributed by atoms with E-state index in [1.165, 1.54) is 0 Å². The molecule has 0 saturated carbocycles. The molecule has 98 valence electrons. The van der Waals surface area contributed by atoms with Crippen LogP contribution in [0.4, 0.5) is 0 Å². The number of carbonyl (C=O) groups excluding carboxylic acids is 2. The number of benzene rings is 1. The summed E-state index contributed by atoms with van der Waals surface area (Å²) >= 11 is 0. The topological polar surface area (TPSA) is 69.4 Å². The van der Waals surface area contributed by atoms with Crippen LogP contribution in [0.3, 0.4) is 0 Å². The minimum absolute atomic E-state index is 0.0780. The second-order valence-corrected chi connectivity index (χ2v) is 4.14. The minimum atomic E-state index is -0.510. The van der Waals surface area contributed by atoms with E-state index in [0.29, 0.717) is 11.1 Å². The van der Waals surface area contributed by atoms with E-state index in [2.05, 4.69) is 0 Å². The van der Waals surface area contributed by atoms with E-state index < -0.39 is 5.91 Å². The Morgan fingerprint density at radius 1 is 1.22 bits per heavy atom. The van der Waals surface area contributed by atoms with Gasteiger partial charge >= 0.3 is 5.97 Å². The Kier molecular flexibility index (Phi) is 5.36. The molecule has 2 N–H and O–H groups in total. The van der Waals surface area contributed by atoms with Crippen LogP contribution in [0.15, 0.2) is 24.3 Å². The Hall–Kier alpha value is -1.84. The van der Waals surface area contributed by atoms with Crippen molar-refractivity contribution in [1.82, 2.24) is 0 Å². The molecule has 18 heavy (non-hydrogen) atoms. The number of primary amides is 1. The van der Waals surface area contributed by atoms with Gasteiger partial charge in [0.15, 0.2) is 0 Å². The molecule has 0 atom stereocenters. The van der Waals surface area contributed by atoms with Gasteiger partial charge in [0.05, 0.1) is 5.92 Å². The second-order valence-electron chi connectivity index (χ2n) is 4.14. The first-order chi connectivity index (χ1) is 8.60. The normalized spacial score (nSPS) is 10.4. The molecule has 0 heterocycles. The average Bonchev–Trinajstić information content (AvgIpc) is 2.38. The molecule has 0 spiro atoms. The van der Waals surface area contributed by atoms with Crippen LogP contribution in [0.2, 0.25) is 0 Å². The van der Waals surface area contributed by atoms with Crippen LogP contribution in [-0.4, -0.2) is 11.9 Å². The summed E-state index contributed by atoms with van der Waals surface area (Å²) in [5.74, 6) is -0.811. The predicted molar refractivity (Wildman–Crippen MR) is 68.8 cm³/mol. The first-order valence-electron chi connectivity index (χ1n) is 6.14. The van der Waals surface area contributed by atoms with Crippen LogP contribution >= 0.6 is 0 Å². The molecule has 4 nitrogen and oxygen atoms in total. The highest BCUT2D eigenvalue weighted by molar-refractivity contribution is 5.94. The fourth-order valence-electron chi connectivity index (χ4n) is 1.78. The molecule has 0 saturated heterocycles. The van der Waals surface area contributed by atoms with Crippen molar-refractivity contribution < 1.29 is 14.3 Å². The van der Waals surface area contributed by atoms with E-state index in [0.717, 1.165) is 12.8 Å². The molecule has 0 aromatic heterocycles. The number of rotatable bonds is 6. The predicted octanol–water partition coefficient (Wildman–Crippen LogP) is 2.26. The maximum absolute atomic E-state index is 11.7. The molecule has 0 unspecified atom stereocenters. The van der Waals surface area contributed by atoms with Gasteiger partial charge in [0.1, 0.15) is 6.61 Å². The SMILES string of the molecule is CCC(CC)C(=O)OCc1ccccc1C(N)=O. The lowest BCUT2D eigenvalue weighted by Gasteiger charge is -2.13. The van der Waals surface area contributed by atoms with Crippen LogP contribution in [-0.2, 0) is 16.1 Å². The number of carbonyl (C=O) groups is 2. The van der Waals surface area contributed by atoms with Gasteiger partial charge < -0.3 is 10.5 Å². The van der Waals surface area contributed by atoms with Crippen LogP contribution < -0.4 is 5.73 Å². The van der Waals surface area contributed by atoms with Crippen molar-refractivity contribution in [3.8, 4) is 0 Å². The first kappa shape index (κ1) is 14.2. The third kappa shape index (κ3) is 3.58. The van der Waals surface area contributed by atoms with Crippen molar-refractivity contribution in [1.29, 1.82) is 0 Å². The van der Waals surface area contributed by atoms with Gasteiger partial charge in [-0.1, -0.05) is 32.0 Å². The van der Waals surface area contributed by atoms with Gasteiger partial charge in [-0.05, 0) is 18.9 Å². The molecule has 1 amide bonds. The van der Waals surface area contributed by atoms with Crippen molar-refractivity contribution in [2.75, 3.05) is 0 Å². The van der Waals surface area contributed by atoms with E-state index in [-0.39, 0.29) is 18.5 Å². The Morgan fingerprint density at radius 3 is 2.39 bits per heavy atom. The van der Waals surface area contributed by atoms with Crippen LogP contribution in [0, 0.1) is 5.92 Å². The van der Waals surface area contributed by atoms with E-state index in [1.807, 2.05) is 13.8 Å². The summed E-state index contributed by atoms with van der Waals surface area (Å²) in [6.45, 7) is 3.99. The Labute approximate surface area is 107 Å². The van der Waals surface area contributed by atoms with Crippen molar-refractivity contribution in [2.45, 2.75) is 33.3 Å². The molecule has 0 aliphatic carbocycles. The maximum Gasteiger partial charge on any atom is 0.309 e. The van der Waals surface area contributed by atoms with Gasteiger partial charge in [-0.25, -0.2) is 0 Å². The molecule has 0 aliphatic heterocycles. The smallest absolute Gasteiger partial charge is 0.309 e. The summed E-state index contributed by atoms with van der Waals surface area (Å²) in [6, 6.07) is 6.88. The van der Waals surface area contributed by atoms with Gasteiger partial charge in [-0.3, -0.25) is 9.59 Å². The zero-order valence-corrected chi connectivity index (χ0v) is 10.8. The summed E-state index contributed by atoms with van der Waals surface area (Å²) in [4.78, 5) is 22.9. The number of amides is 1. The summed E-state index contributed by atoms with van der Waals surface area (Å²) in [5.41, 5.74) is 6.29. The molecular weight excluding hydrogens is 230 g/mol. The minimum Gasteiger partial charge on any atom is -0.461 e. The van der Waals surface area contributed by atoms with Crippen molar-refractivity contribution in [3.05, 3.63) is 35.4 Å². The van der Waals surface area contributed by atoms with Gasteiger partial charge in [0.25, 0.3) is 0 Å². The third-order valence-corrected chi connectivity index (χ3v) is 2.97. The van der Waals surface area contributed by atoms with Gasteiger partial charge in [-0.2, -0.15) is 0 Å². The summed E-state index contributed by atoms with van der Waals surface area (Å²) in [7, 11) is 0. The Balaban J connectivity index is 2.69. The van der Waals surface area contributed by atoms with E-state index in [1.54, 1.807) is 24.3 Å². The monoisotopic (exact) mass is 249 g/mol. The molecule has 0 aliphatic rings. The van der Waals surface area contributed by atoms with Crippen LogP contribution in [0.1, 0.15) is 42.6 Å². The van der Waals surface area contributed by atoms with E-state index in [9.17, 15) is 9.59 Å². The number of nitrogens with two attached hydrogens (primary N) is 1. The fraction of sp³-hybridized carbons (Fsp3) is 0.429. The summed E-state index contributed by atoms with van der Waals surface area (Å²) < 4.78 is 5.22. The molecule has 1 aromatic carbocycles. The van der Waals surface area contributed by atoms with Crippen LogP contribution in [0.5, 0.6) is 0 Å². The lowest BCUT2D eigenvalue weighted by Crippen LogP contribution is -2.18. The van der Waals surface area contributed by atoms with Gasteiger partial charge in [-0.15, -0.1) is 0 Å². The van der Waals surface area contributed by atoms with Crippen LogP contribution in [0.25, 0.3) is 0 Å². The van der Waals surface area contributed by atoms with Gasteiger partial charge in [0, 0.05) is 11.1 Å². The standard InChI is InChI=1S/C14H19NO3/c1-3-10(4-2)14(17)18-9-11-7-5-6-8-12(11)13(15)16/h5-8,10H,3-4,9H2,1-2H3,(H2,15,16). The molecule has 1 rings (SSSR count). The Bertz CT molecular complexity index is 425. The lowest BCUT2D eigenvalue weighted by molar-refractivity contribution is -0.150. The number of ether oxygens (including phenoxy) is 1. The van der Waals surface area contributed by atoms with Crippen molar-refractivity contribution >= 4 is 11.9 Å². The molecule has 0 radical (unpaired) electrons. The number of hydrogen-bond donors (Lipinski definition) is 1. The summed E-state index contributed by atoms with van der Waals surface area (Å²) in [6.07, 6.45) is 1.51. The zero-order chi connectivity index (χ0) is 13.5. The Morgan fingerprint density at radius 2 is 1.83 bits per heavy atom.